The average molecular weight is 340 g/mol. The van der Waals surface area contributed by atoms with Gasteiger partial charge in [-0.2, -0.15) is 0 Å². The Bertz CT molecular complexity index is 629. The molecule has 0 amide bonds. The Morgan fingerprint density at radius 2 is 1.74 bits per heavy atom. The van der Waals surface area contributed by atoms with E-state index in [2.05, 4.69) is 39.6 Å². The second-order valence-corrected chi connectivity index (χ2v) is 8.99. The van der Waals surface area contributed by atoms with Crippen molar-refractivity contribution in [2.24, 2.45) is 5.14 Å². The minimum absolute atomic E-state index is 0.0939. The molecule has 1 aliphatic carbocycles. The van der Waals surface area contributed by atoms with E-state index in [1.165, 1.54) is 0 Å². The van der Waals surface area contributed by atoms with Crippen LogP contribution in [0.5, 0.6) is 0 Å². The summed E-state index contributed by atoms with van der Waals surface area (Å²) < 4.78 is 28.6. The molecule has 23 heavy (non-hydrogen) atoms. The lowest BCUT2D eigenvalue weighted by Crippen LogP contribution is -2.49. The number of benzene rings is 1. The molecule has 0 spiro atoms. The summed E-state index contributed by atoms with van der Waals surface area (Å²) >= 11 is 0. The molecule has 0 saturated heterocycles. The first-order valence-electron chi connectivity index (χ1n) is 8.00. The molecule has 1 saturated carbocycles. The number of nitrogens with two attached hydrogens (primary N) is 1. The molecule has 5 nitrogen and oxygen atoms in total. The molecule has 6 heteroatoms. The smallest absolute Gasteiger partial charge is 0.238 e. The molecule has 2 rings (SSSR count). The van der Waals surface area contributed by atoms with Gasteiger partial charge in [-0.15, -0.1) is 0 Å². The van der Waals surface area contributed by atoms with E-state index in [0.717, 1.165) is 18.4 Å². The summed E-state index contributed by atoms with van der Waals surface area (Å²) in [4.78, 5) is 2.48. The van der Waals surface area contributed by atoms with Crippen LogP contribution in [-0.4, -0.2) is 38.1 Å². The van der Waals surface area contributed by atoms with Gasteiger partial charge in [0.1, 0.15) is 0 Å². The summed E-state index contributed by atoms with van der Waals surface area (Å²) in [7, 11) is -1.52. The van der Waals surface area contributed by atoms with Crippen LogP contribution in [0.1, 0.15) is 52.1 Å². The number of hydrogen-bond donors (Lipinski definition) is 1. The maximum absolute atomic E-state index is 11.3. The van der Waals surface area contributed by atoms with Crippen molar-refractivity contribution in [3.63, 3.8) is 0 Å². The van der Waals surface area contributed by atoms with E-state index < -0.39 is 10.0 Å². The van der Waals surface area contributed by atoms with Gasteiger partial charge in [0, 0.05) is 12.1 Å². The first-order chi connectivity index (χ1) is 10.5. The minimum Gasteiger partial charge on any atom is -0.373 e. The third kappa shape index (κ3) is 4.76. The number of ether oxygens (including phenoxy) is 1. The van der Waals surface area contributed by atoms with Crippen molar-refractivity contribution in [1.82, 2.24) is 4.90 Å². The average Bonchev–Trinajstić information content (AvgIpc) is 2.39. The first-order valence-corrected chi connectivity index (χ1v) is 9.54. The summed E-state index contributed by atoms with van der Waals surface area (Å²) in [6.45, 7) is 8.38. The molecule has 0 heterocycles. The van der Waals surface area contributed by atoms with Gasteiger partial charge in [-0.25, -0.2) is 13.6 Å². The fraction of sp³-hybridized carbons (Fsp3) is 0.647. The molecule has 1 atom stereocenters. The molecule has 0 bridgehead atoms. The van der Waals surface area contributed by atoms with Crippen LogP contribution in [0.2, 0.25) is 0 Å². The number of nitrogens with zero attached hydrogens (tertiary/aromatic N) is 1. The maximum Gasteiger partial charge on any atom is 0.238 e. The number of sulfonamides is 1. The van der Waals surface area contributed by atoms with Crippen molar-refractivity contribution in [3.05, 3.63) is 29.8 Å². The van der Waals surface area contributed by atoms with Crippen LogP contribution in [0.4, 0.5) is 0 Å². The lowest BCUT2D eigenvalue weighted by atomic mass is 9.86. The lowest BCUT2D eigenvalue weighted by Gasteiger charge is -2.45. The molecule has 1 aliphatic rings. The summed E-state index contributed by atoms with van der Waals surface area (Å²) in [5.74, 6) is 0. The first kappa shape index (κ1) is 18.4. The van der Waals surface area contributed by atoms with E-state index >= 15 is 0 Å². The molecular formula is C17H28N2O3S. The van der Waals surface area contributed by atoms with Crippen molar-refractivity contribution >= 4 is 10.0 Å². The molecule has 130 valence electrons. The van der Waals surface area contributed by atoms with E-state index in [1.54, 1.807) is 12.1 Å². The highest BCUT2D eigenvalue weighted by atomic mass is 32.2. The quantitative estimate of drug-likeness (QED) is 0.894. The summed E-state index contributed by atoms with van der Waals surface area (Å²) in [6.07, 6.45) is 2.40. The Morgan fingerprint density at radius 1 is 1.22 bits per heavy atom. The van der Waals surface area contributed by atoms with Crippen LogP contribution in [0.25, 0.3) is 0 Å². The predicted octanol–water partition coefficient (Wildman–Crippen LogP) is 2.67. The van der Waals surface area contributed by atoms with E-state index in [-0.39, 0.29) is 16.5 Å². The monoisotopic (exact) mass is 340 g/mol. The molecular weight excluding hydrogens is 312 g/mol. The molecule has 1 aromatic rings. The van der Waals surface area contributed by atoms with Gasteiger partial charge in [0.25, 0.3) is 0 Å². The van der Waals surface area contributed by atoms with Gasteiger partial charge in [-0.1, -0.05) is 12.1 Å². The molecule has 2 N–H and O–H groups in total. The van der Waals surface area contributed by atoms with Crippen LogP contribution >= 0.6 is 0 Å². The Hall–Kier alpha value is -0.950. The number of rotatable bonds is 5. The van der Waals surface area contributed by atoms with Gasteiger partial charge in [0.05, 0.1) is 16.6 Å². The van der Waals surface area contributed by atoms with E-state index in [0.29, 0.717) is 12.1 Å². The van der Waals surface area contributed by atoms with Gasteiger partial charge < -0.3 is 4.74 Å². The molecule has 0 aliphatic heterocycles. The second-order valence-electron chi connectivity index (χ2n) is 7.43. The molecule has 0 aromatic heterocycles. The zero-order chi connectivity index (χ0) is 17.4. The number of hydrogen-bond acceptors (Lipinski definition) is 4. The normalized spacial score (nSPS) is 23.6. The highest BCUT2D eigenvalue weighted by Gasteiger charge is 2.36. The second kappa shape index (κ2) is 6.51. The Kier molecular flexibility index (Phi) is 5.21. The van der Waals surface area contributed by atoms with Crippen molar-refractivity contribution in [2.45, 2.75) is 69.2 Å². The zero-order valence-corrected chi connectivity index (χ0v) is 15.4. The van der Waals surface area contributed by atoms with Gasteiger partial charge in [-0.3, -0.25) is 4.90 Å². The molecule has 1 aromatic carbocycles. The van der Waals surface area contributed by atoms with E-state index in [9.17, 15) is 8.42 Å². The molecule has 0 radical (unpaired) electrons. The van der Waals surface area contributed by atoms with Gasteiger partial charge in [0.15, 0.2) is 0 Å². The fourth-order valence-electron chi connectivity index (χ4n) is 2.95. The minimum atomic E-state index is -3.63. The third-order valence-corrected chi connectivity index (χ3v) is 5.40. The Labute approximate surface area is 139 Å². The van der Waals surface area contributed by atoms with Crippen molar-refractivity contribution in [2.75, 3.05) is 7.05 Å². The highest BCUT2D eigenvalue weighted by Crippen LogP contribution is 2.34. The summed E-state index contributed by atoms with van der Waals surface area (Å²) in [5, 5.41) is 5.14. The van der Waals surface area contributed by atoms with Gasteiger partial charge in [-0.05, 0) is 65.3 Å². The van der Waals surface area contributed by atoms with E-state index in [1.807, 2.05) is 12.1 Å². The Balaban J connectivity index is 1.95. The maximum atomic E-state index is 11.3. The third-order valence-electron chi connectivity index (χ3n) is 4.47. The SMILES string of the molecule is C[C@@H](c1ccc(S(N)(=O)=O)cc1)N(C)C1CC(OC(C)(C)C)C1. The fourth-order valence-corrected chi connectivity index (χ4v) is 3.47. The summed E-state index contributed by atoms with van der Waals surface area (Å²) in [6, 6.07) is 7.52. The van der Waals surface area contributed by atoms with Crippen LogP contribution < -0.4 is 5.14 Å². The number of primary sulfonamides is 1. The molecule has 1 fully saturated rings. The van der Waals surface area contributed by atoms with Crippen molar-refractivity contribution in [1.29, 1.82) is 0 Å². The van der Waals surface area contributed by atoms with E-state index in [4.69, 9.17) is 9.88 Å². The standard InChI is InChI=1S/C17H28N2O3S/c1-12(13-6-8-16(9-7-13)23(18,20)21)19(5)14-10-15(11-14)22-17(2,3)4/h6-9,12,14-15H,10-11H2,1-5H3,(H2,18,20,21)/t12-,14?,15?/m0/s1. The topological polar surface area (TPSA) is 72.6 Å². The van der Waals surface area contributed by atoms with Crippen LogP contribution in [0.3, 0.4) is 0 Å². The summed E-state index contributed by atoms with van der Waals surface area (Å²) in [5.41, 5.74) is 0.990. The predicted molar refractivity (Wildman–Crippen MR) is 91.6 cm³/mol. The Morgan fingerprint density at radius 3 is 2.17 bits per heavy atom. The lowest BCUT2D eigenvalue weighted by molar-refractivity contribution is -0.121. The van der Waals surface area contributed by atoms with Crippen molar-refractivity contribution < 1.29 is 13.2 Å². The highest BCUT2D eigenvalue weighted by molar-refractivity contribution is 7.89. The molecule has 0 unspecified atom stereocenters. The van der Waals surface area contributed by atoms with Crippen molar-refractivity contribution in [3.8, 4) is 0 Å². The van der Waals surface area contributed by atoms with Gasteiger partial charge >= 0.3 is 0 Å². The van der Waals surface area contributed by atoms with Crippen LogP contribution in [0, 0.1) is 0 Å². The largest absolute Gasteiger partial charge is 0.373 e. The zero-order valence-electron chi connectivity index (χ0n) is 14.6. The van der Waals surface area contributed by atoms with Gasteiger partial charge in [0.2, 0.25) is 10.0 Å². The van der Waals surface area contributed by atoms with Crippen LogP contribution in [-0.2, 0) is 14.8 Å². The van der Waals surface area contributed by atoms with Crippen LogP contribution in [0.15, 0.2) is 29.2 Å².